The predicted octanol–water partition coefficient (Wildman–Crippen LogP) is 13.9. The van der Waals surface area contributed by atoms with Crippen LogP contribution in [0.5, 0.6) is 11.5 Å². The van der Waals surface area contributed by atoms with E-state index in [0.29, 0.717) is 5.82 Å². The van der Waals surface area contributed by atoms with Crippen LogP contribution < -0.4 is 4.74 Å². The Bertz CT molecular complexity index is 3160. The zero-order valence-corrected chi connectivity index (χ0v) is 31.4. The minimum Gasteiger partial charge on any atom is -0.455 e. The summed E-state index contributed by atoms with van der Waals surface area (Å²) in [5.41, 5.74) is 13.5. The standard InChI is InChI=1S/C55H34N2O/c1-3-14-35(15-4-1)36-26-28-40(29-27-36)54-56-49(39-18-5-2-6-19-39)34-50(57-54)45-24-13-23-44-43-22-11-12-25-46(43)55(51(44)45)47-32-30-37-16-7-9-20-41(37)52(47)58-53-42-21-10-8-17-38(42)31-33-48(53)55/h1-34H. The van der Waals surface area contributed by atoms with Crippen molar-refractivity contribution in [2.75, 3.05) is 0 Å². The van der Waals surface area contributed by atoms with Gasteiger partial charge in [-0.25, -0.2) is 9.97 Å². The van der Waals surface area contributed by atoms with Crippen LogP contribution in [0.4, 0.5) is 0 Å². The minimum atomic E-state index is -0.713. The lowest BCUT2D eigenvalue weighted by Crippen LogP contribution is -2.33. The number of aromatic nitrogens is 2. The summed E-state index contributed by atoms with van der Waals surface area (Å²) in [6.45, 7) is 0. The van der Waals surface area contributed by atoms with E-state index in [1.54, 1.807) is 0 Å². The number of rotatable bonds is 4. The van der Waals surface area contributed by atoms with Gasteiger partial charge in [0.1, 0.15) is 11.5 Å². The summed E-state index contributed by atoms with van der Waals surface area (Å²) in [6.07, 6.45) is 0. The molecule has 270 valence electrons. The number of hydrogen-bond donors (Lipinski definition) is 0. The lowest BCUT2D eigenvalue weighted by molar-refractivity contribution is 0.447. The predicted molar refractivity (Wildman–Crippen MR) is 236 cm³/mol. The first-order valence-electron chi connectivity index (χ1n) is 19.8. The summed E-state index contributed by atoms with van der Waals surface area (Å²) in [4.78, 5) is 10.7. The third-order valence-corrected chi connectivity index (χ3v) is 12.2. The third kappa shape index (κ3) is 4.74. The van der Waals surface area contributed by atoms with Gasteiger partial charge in [0.05, 0.1) is 16.8 Å². The Kier molecular flexibility index (Phi) is 7.14. The largest absolute Gasteiger partial charge is 0.455 e. The Morgan fingerprint density at radius 2 is 0.862 bits per heavy atom. The van der Waals surface area contributed by atoms with E-state index in [-0.39, 0.29) is 0 Å². The fraction of sp³-hybridized carbons (Fsp3) is 0.0182. The zero-order valence-electron chi connectivity index (χ0n) is 31.4. The molecule has 1 aliphatic carbocycles. The molecule has 10 aromatic rings. The van der Waals surface area contributed by atoms with Crippen LogP contribution in [0.1, 0.15) is 22.3 Å². The molecule has 0 N–H and O–H groups in total. The van der Waals surface area contributed by atoms with Gasteiger partial charge in [0.15, 0.2) is 5.82 Å². The van der Waals surface area contributed by atoms with Gasteiger partial charge in [-0.2, -0.15) is 0 Å². The van der Waals surface area contributed by atoms with Crippen molar-refractivity contribution in [3.8, 4) is 67.7 Å². The van der Waals surface area contributed by atoms with Crippen LogP contribution in [0.25, 0.3) is 77.7 Å². The SMILES string of the molecule is c1ccc(-c2ccc(-c3nc(-c4ccccc4)cc(-c4cccc5c4C4(c6ccccc6-5)c5ccc6ccccc6c5Oc5c4ccc4ccccc54)n3)cc2)cc1. The summed E-state index contributed by atoms with van der Waals surface area (Å²) < 4.78 is 7.24. The van der Waals surface area contributed by atoms with Gasteiger partial charge in [-0.15, -0.1) is 0 Å². The Morgan fingerprint density at radius 1 is 0.345 bits per heavy atom. The smallest absolute Gasteiger partial charge is 0.160 e. The first-order valence-corrected chi connectivity index (χ1v) is 19.8. The Hall–Kier alpha value is -7.62. The summed E-state index contributed by atoms with van der Waals surface area (Å²) in [5.74, 6) is 2.47. The van der Waals surface area contributed by atoms with Gasteiger partial charge in [-0.3, -0.25) is 0 Å². The lowest BCUT2D eigenvalue weighted by Gasteiger charge is -2.41. The fourth-order valence-electron chi connectivity index (χ4n) is 9.59. The summed E-state index contributed by atoms with van der Waals surface area (Å²) in [6, 6.07) is 73.6. The van der Waals surface area contributed by atoms with Gasteiger partial charge in [0.2, 0.25) is 0 Å². The van der Waals surface area contributed by atoms with Crippen molar-refractivity contribution in [3.05, 3.63) is 229 Å². The monoisotopic (exact) mass is 738 g/mol. The Labute approximate surface area is 336 Å². The number of fused-ring (bicyclic) bond motifs is 13. The third-order valence-electron chi connectivity index (χ3n) is 12.2. The van der Waals surface area contributed by atoms with Crippen molar-refractivity contribution in [2.45, 2.75) is 5.41 Å². The first-order chi connectivity index (χ1) is 28.8. The molecule has 1 spiro atoms. The van der Waals surface area contributed by atoms with E-state index < -0.39 is 5.41 Å². The Balaban J connectivity index is 1.17. The average molecular weight is 739 g/mol. The van der Waals surface area contributed by atoms with E-state index in [9.17, 15) is 0 Å². The minimum absolute atomic E-state index is 0.683. The molecule has 3 nitrogen and oxygen atoms in total. The van der Waals surface area contributed by atoms with Crippen LogP contribution in [0.2, 0.25) is 0 Å². The van der Waals surface area contributed by atoms with E-state index in [1.165, 1.54) is 27.8 Å². The second kappa shape index (κ2) is 12.7. The molecule has 2 aliphatic rings. The molecule has 12 rings (SSSR count). The van der Waals surface area contributed by atoms with Gasteiger partial charge >= 0.3 is 0 Å². The van der Waals surface area contributed by atoms with Crippen LogP contribution >= 0.6 is 0 Å². The molecule has 1 aliphatic heterocycles. The molecular formula is C55H34N2O. The van der Waals surface area contributed by atoms with E-state index in [2.05, 4.69) is 194 Å². The molecule has 1 aromatic heterocycles. The number of nitrogens with zero attached hydrogens (tertiary/aromatic N) is 2. The molecule has 9 aromatic carbocycles. The van der Waals surface area contributed by atoms with Crippen molar-refractivity contribution in [2.24, 2.45) is 0 Å². The van der Waals surface area contributed by atoms with Crippen molar-refractivity contribution in [1.82, 2.24) is 9.97 Å². The quantitative estimate of drug-likeness (QED) is 0.180. The molecule has 2 heterocycles. The van der Waals surface area contributed by atoms with E-state index in [4.69, 9.17) is 14.7 Å². The molecular weight excluding hydrogens is 705 g/mol. The molecule has 0 saturated heterocycles. The average Bonchev–Trinajstić information content (AvgIpc) is 3.60. The highest BCUT2D eigenvalue weighted by Gasteiger charge is 2.53. The molecule has 0 atom stereocenters. The maximum Gasteiger partial charge on any atom is 0.160 e. The maximum atomic E-state index is 7.24. The van der Waals surface area contributed by atoms with E-state index >= 15 is 0 Å². The van der Waals surface area contributed by atoms with Gasteiger partial charge < -0.3 is 4.74 Å². The van der Waals surface area contributed by atoms with Gasteiger partial charge in [-0.1, -0.05) is 200 Å². The Morgan fingerprint density at radius 3 is 1.55 bits per heavy atom. The first kappa shape index (κ1) is 32.6. The second-order valence-electron chi connectivity index (χ2n) is 15.2. The highest BCUT2D eigenvalue weighted by atomic mass is 16.5. The number of benzene rings is 9. The summed E-state index contributed by atoms with van der Waals surface area (Å²) in [5, 5.41) is 4.48. The van der Waals surface area contributed by atoms with Crippen LogP contribution in [0.15, 0.2) is 206 Å². The molecule has 0 amide bonds. The number of hydrogen-bond acceptors (Lipinski definition) is 3. The van der Waals surface area contributed by atoms with Gasteiger partial charge in [-0.05, 0) is 50.2 Å². The topological polar surface area (TPSA) is 35.0 Å². The molecule has 0 radical (unpaired) electrons. The van der Waals surface area contributed by atoms with Gasteiger partial charge in [0, 0.05) is 38.6 Å². The highest BCUT2D eigenvalue weighted by Crippen LogP contribution is 2.65. The van der Waals surface area contributed by atoms with Crippen LogP contribution in [0.3, 0.4) is 0 Å². The molecule has 0 saturated carbocycles. The van der Waals surface area contributed by atoms with Crippen molar-refractivity contribution < 1.29 is 4.74 Å². The van der Waals surface area contributed by atoms with Crippen molar-refractivity contribution in [1.29, 1.82) is 0 Å². The van der Waals surface area contributed by atoms with Crippen molar-refractivity contribution in [3.63, 3.8) is 0 Å². The van der Waals surface area contributed by atoms with Crippen molar-refractivity contribution >= 4 is 21.5 Å². The van der Waals surface area contributed by atoms with Crippen LogP contribution in [0, 0.1) is 0 Å². The maximum absolute atomic E-state index is 7.24. The van der Waals surface area contributed by atoms with E-state index in [1.807, 2.05) is 12.1 Å². The summed E-state index contributed by atoms with van der Waals surface area (Å²) >= 11 is 0. The molecule has 0 unspecified atom stereocenters. The van der Waals surface area contributed by atoms with Gasteiger partial charge in [0.25, 0.3) is 0 Å². The van der Waals surface area contributed by atoms with Crippen LogP contribution in [-0.4, -0.2) is 9.97 Å². The highest BCUT2D eigenvalue weighted by molar-refractivity contribution is 6.01. The van der Waals surface area contributed by atoms with Crippen LogP contribution in [-0.2, 0) is 5.41 Å². The fourth-order valence-corrected chi connectivity index (χ4v) is 9.59. The molecule has 0 bridgehead atoms. The normalized spacial score (nSPS) is 13.1. The number of ether oxygens (including phenoxy) is 1. The molecule has 0 fully saturated rings. The summed E-state index contributed by atoms with van der Waals surface area (Å²) in [7, 11) is 0. The van der Waals surface area contributed by atoms with E-state index in [0.717, 1.165) is 77.8 Å². The molecule has 58 heavy (non-hydrogen) atoms. The lowest BCUT2D eigenvalue weighted by atomic mass is 9.64. The molecule has 3 heteroatoms. The zero-order chi connectivity index (χ0) is 38.2. The second-order valence-corrected chi connectivity index (χ2v) is 15.2.